The fraction of sp³-hybridized carbons (Fsp3) is 0.258. The predicted molar refractivity (Wildman–Crippen MR) is 157 cm³/mol. The fourth-order valence-electron chi connectivity index (χ4n) is 5.26. The maximum atomic E-state index is 12.4. The first-order valence-electron chi connectivity index (χ1n) is 13.1. The zero-order valence-electron chi connectivity index (χ0n) is 21.9. The van der Waals surface area contributed by atoms with Gasteiger partial charge in [0.1, 0.15) is 6.61 Å². The Kier molecular flexibility index (Phi) is 6.89. The summed E-state index contributed by atoms with van der Waals surface area (Å²) in [4.78, 5) is 9.24. The Hall–Kier alpha value is -3.29. The second kappa shape index (κ2) is 10.4. The van der Waals surface area contributed by atoms with Gasteiger partial charge in [-0.2, -0.15) is 0 Å². The second-order valence-electron chi connectivity index (χ2n) is 10.2. The summed E-state index contributed by atoms with van der Waals surface area (Å²) < 4.78 is 6.23. The number of hydrogen-bond donors (Lipinski definition) is 2. The maximum Gasteiger partial charge on any atom is 0.223 e. The van der Waals surface area contributed by atoms with Crippen LogP contribution in [-0.4, -0.2) is 59.3 Å². The molecule has 0 saturated carbocycles. The first-order chi connectivity index (χ1) is 18.9. The van der Waals surface area contributed by atoms with Gasteiger partial charge in [-0.3, -0.25) is 4.90 Å². The third kappa shape index (κ3) is 4.83. The van der Waals surface area contributed by atoms with E-state index in [1.165, 1.54) is 0 Å². The molecule has 1 saturated heterocycles. The zero-order valence-corrected chi connectivity index (χ0v) is 23.4. The summed E-state index contributed by atoms with van der Waals surface area (Å²) >= 11 is 13.4. The summed E-state index contributed by atoms with van der Waals surface area (Å²) in [6.45, 7) is 5.27. The molecule has 39 heavy (non-hydrogen) atoms. The van der Waals surface area contributed by atoms with Crippen LogP contribution >= 0.6 is 23.2 Å². The molecule has 2 aliphatic rings. The number of nitrogens with one attached hydrogen (secondary N) is 1. The number of rotatable bonds is 8. The molecule has 1 fully saturated rings. The number of pyridine rings is 1. The third-order valence-electron chi connectivity index (χ3n) is 7.59. The van der Waals surface area contributed by atoms with E-state index in [0.29, 0.717) is 51.9 Å². The normalized spacial score (nSPS) is 19.9. The van der Waals surface area contributed by atoms with Crippen molar-refractivity contribution in [1.29, 1.82) is 0 Å². The standard InChI is InChI=1S/C31H30Cl2N4O2/c1-20-18-37(20)14-15-39-30-28(21-6-4-3-5-7-21)29(33)25-16-23(10-13-26(25)35-30)31(38,27-17-34-19-36(27)2)22-8-11-24(32)12-9-22/h3-13,16-17,20,34,38H,14-15,18-19H2,1-2H3. The summed E-state index contributed by atoms with van der Waals surface area (Å²) in [5.41, 5.74) is 3.01. The quantitative estimate of drug-likeness (QED) is 0.263. The van der Waals surface area contributed by atoms with Gasteiger partial charge in [-0.15, -0.1) is 0 Å². The number of likely N-dealkylation sites (N-methyl/N-ethyl adjacent to an activating group) is 1. The molecule has 0 amide bonds. The van der Waals surface area contributed by atoms with Crippen molar-refractivity contribution in [2.75, 3.05) is 33.4 Å². The van der Waals surface area contributed by atoms with Crippen molar-refractivity contribution < 1.29 is 9.84 Å². The van der Waals surface area contributed by atoms with Crippen LogP contribution in [0.15, 0.2) is 84.7 Å². The van der Waals surface area contributed by atoms with E-state index in [9.17, 15) is 5.11 Å². The predicted octanol–water partition coefficient (Wildman–Crippen LogP) is 5.86. The highest BCUT2D eigenvalue weighted by molar-refractivity contribution is 6.38. The van der Waals surface area contributed by atoms with Crippen LogP contribution < -0.4 is 10.1 Å². The van der Waals surface area contributed by atoms with Gasteiger partial charge in [-0.05, 0) is 47.9 Å². The van der Waals surface area contributed by atoms with Crippen LogP contribution in [0.2, 0.25) is 10.0 Å². The van der Waals surface area contributed by atoms with Crippen LogP contribution in [0.5, 0.6) is 5.88 Å². The molecule has 0 bridgehead atoms. The van der Waals surface area contributed by atoms with Gasteiger partial charge in [0.2, 0.25) is 5.88 Å². The lowest BCUT2D eigenvalue weighted by Crippen LogP contribution is -2.36. The van der Waals surface area contributed by atoms with Crippen LogP contribution in [-0.2, 0) is 5.60 Å². The molecule has 8 heteroatoms. The van der Waals surface area contributed by atoms with Crippen LogP contribution in [0.4, 0.5) is 0 Å². The molecule has 0 spiro atoms. The van der Waals surface area contributed by atoms with Crippen molar-refractivity contribution in [3.8, 4) is 17.0 Å². The van der Waals surface area contributed by atoms with Gasteiger partial charge in [0.15, 0.2) is 5.60 Å². The number of aliphatic hydroxyl groups is 1. The van der Waals surface area contributed by atoms with Gasteiger partial charge in [-0.25, -0.2) is 4.98 Å². The van der Waals surface area contributed by atoms with Gasteiger partial charge in [0.25, 0.3) is 0 Å². The minimum atomic E-state index is -1.45. The summed E-state index contributed by atoms with van der Waals surface area (Å²) in [5.74, 6) is 0.511. The molecule has 6 nitrogen and oxygen atoms in total. The fourth-order valence-corrected chi connectivity index (χ4v) is 5.73. The lowest BCUT2D eigenvalue weighted by molar-refractivity contribution is 0.0932. The summed E-state index contributed by atoms with van der Waals surface area (Å²) in [6, 6.07) is 23.5. The smallest absolute Gasteiger partial charge is 0.223 e. The molecule has 3 heterocycles. The Labute approximate surface area is 238 Å². The molecule has 2 aliphatic heterocycles. The molecule has 1 aromatic heterocycles. The lowest BCUT2D eigenvalue weighted by Gasteiger charge is -2.34. The summed E-state index contributed by atoms with van der Waals surface area (Å²) in [7, 11) is 1.94. The van der Waals surface area contributed by atoms with E-state index >= 15 is 0 Å². The zero-order chi connectivity index (χ0) is 27.1. The van der Waals surface area contributed by atoms with E-state index in [1.54, 1.807) is 12.1 Å². The Morgan fingerprint density at radius 1 is 1.05 bits per heavy atom. The molecular weight excluding hydrogens is 531 g/mol. The van der Waals surface area contributed by atoms with Crippen molar-refractivity contribution in [2.45, 2.75) is 18.6 Å². The number of aromatic nitrogens is 1. The van der Waals surface area contributed by atoms with Crippen LogP contribution in [0, 0.1) is 0 Å². The SMILES string of the molecule is CC1CN1CCOc1nc2ccc(C(O)(C3=CNCN3C)c3ccc(Cl)cc3)cc2c(Cl)c1-c1ccccc1. The molecule has 4 aromatic rings. The van der Waals surface area contributed by atoms with Crippen LogP contribution in [0.25, 0.3) is 22.0 Å². The second-order valence-corrected chi connectivity index (χ2v) is 11.0. The van der Waals surface area contributed by atoms with Crippen molar-refractivity contribution in [3.05, 3.63) is 106 Å². The average Bonchev–Trinajstić information content (AvgIpc) is 3.47. The monoisotopic (exact) mass is 560 g/mol. The van der Waals surface area contributed by atoms with Crippen molar-refractivity contribution in [2.24, 2.45) is 0 Å². The van der Waals surface area contributed by atoms with Crippen LogP contribution in [0.1, 0.15) is 18.1 Å². The Morgan fingerprint density at radius 3 is 2.44 bits per heavy atom. The minimum absolute atomic E-state index is 0.511. The van der Waals surface area contributed by atoms with E-state index in [4.69, 9.17) is 32.9 Å². The van der Waals surface area contributed by atoms with Gasteiger partial charge in [-0.1, -0.05) is 71.7 Å². The topological polar surface area (TPSA) is 60.6 Å². The molecule has 2 N–H and O–H groups in total. The number of benzene rings is 3. The maximum absolute atomic E-state index is 12.4. The van der Waals surface area contributed by atoms with Gasteiger partial charge in [0.05, 0.1) is 28.5 Å². The first kappa shape index (κ1) is 26.0. The number of hydrogen-bond acceptors (Lipinski definition) is 6. The van der Waals surface area contributed by atoms with E-state index < -0.39 is 5.60 Å². The Morgan fingerprint density at radius 2 is 1.77 bits per heavy atom. The molecule has 3 aromatic carbocycles. The van der Waals surface area contributed by atoms with Gasteiger partial charge in [0, 0.05) is 42.8 Å². The minimum Gasteiger partial charge on any atom is -0.476 e. The van der Waals surface area contributed by atoms with Gasteiger partial charge < -0.3 is 20.1 Å². The number of halogens is 2. The Balaban J connectivity index is 1.49. The highest BCUT2D eigenvalue weighted by Gasteiger charge is 2.40. The molecule has 3 unspecified atom stereocenters. The number of ether oxygens (including phenoxy) is 1. The molecule has 0 radical (unpaired) electrons. The summed E-state index contributed by atoms with van der Waals surface area (Å²) in [5, 5.41) is 17.5. The molecule has 200 valence electrons. The Bertz CT molecular complexity index is 1540. The van der Waals surface area contributed by atoms with Crippen molar-refractivity contribution in [3.63, 3.8) is 0 Å². The van der Waals surface area contributed by atoms with Crippen molar-refractivity contribution in [1.82, 2.24) is 20.1 Å². The lowest BCUT2D eigenvalue weighted by atomic mass is 9.82. The van der Waals surface area contributed by atoms with E-state index in [2.05, 4.69) is 17.1 Å². The summed E-state index contributed by atoms with van der Waals surface area (Å²) in [6.07, 6.45) is 1.85. The van der Waals surface area contributed by atoms with E-state index in [0.717, 1.165) is 35.3 Å². The largest absolute Gasteiger partial charge is 0.476 e. The highest BCUT2D eigenvalue weighted by atomic mass is 35.5. The van der Waals surface area contributed by atoms with Crippen LogP contribution in [0.3, 0.4) is 0 Å². The van der Waals surface area contributed by atoms with E-state index in [-0.39, 0.29) is 0 Å². The molecule has 6 rings (SSSR count). The number of fused-ring (bicyclic) bond motifs is 1. The molecular formula is C31H30Cl2N4O2. The van der Waals surface area contributed by atoms with Gasteiger partial charge >= 0.3 is 0 Å². The number of nitrogens with zero attached hydrogens (tertiary/aromatic N) is 3. The highest BCUT2D eigenvalue weighted by Crippen LogP contribution is 2.44. The molecule has 3 atom stereocenters. The average molecular weight is 562 g/mol. The van der Waals surface area contributed by atoms with Crippen molar-refractivity contribution >= 4 is 34.1 Å². The van der Waals surface area contributed by atoms with E-state index in [1.807, 2.05) is 78.8 Å². The third-order valence-corrected chi connectivity index (χ3v) is 8.23. The first-order valence-corrected chi connectivity index (χ1v) is 13.8. The molecule has 0 aliphatic carbocycles.